The van der Waals surface area contributed by atoms with Crippen molar-refractivity contribution in [3.8, 4) is 17.2 Å². The summed E-state index contributed by atoms with van der Waals surface area (Å²) in [4.78, 5) is 23.4. The maximum atomic E-state index is 12.4. The fraction of sp³-hybridized carbons (Fsp3) is 0.0909. The lowest BCUT2D eigenvalue weighted by Crippen LogP contribution is -2.10. The van der Waals surface area contributed by atoms with Crippen molar-refractivity contribution in [2.24, 2.45) is 0 Å². The predicted molar refractivity (Wildman–Crippen MR) is 109 cm³/mol. The molecule has 0 bridgehead atoms. The van der Waals surface area contributed by atoms with Gasteiger partial charge >= 0.3 is 5.97 Å². The summed E-state index contributed by atoms with van der Waals surface area (Å²) in [5.41, 5.74) is 2.19. The summed E-state index contributed by atoms with van der Waals surface area (Å²) in [5, 5.41) is 24.0. The van der Waals surface area contributed by atoms with Crippen molar-refractivity contribution >= 4 is 23.0 Å². The van der Waals surface area contributed by atoms with Crippen molar-refractivity contribution in [3.63, 3.8) is 0 Å². The molecule has 7 heteroatoms. The summed E-state index contributed by atoms with van der Waals surface area (Å²) in [6.45, 7) is 1.81. The van der Waals surface area contributed by atoms with Gasteiger partial charge in [0.25, 0.3) is 5.69 Å². The van der Waals surface area contributed by atoms with Crippen LogP contribution in [0.15, 0.2) is 66.7 Å². The van der Waals surface area contributed by atoms with E-state index in [4.69, 9.17) is 4.74 Å². The van der Waals surface area contributed by atoms with E-state index in [9.17, 15) is 20.2 Å². The van der Waals surface area contributed by atoms with E-state index in [0.29, 0.717) is 22.4 Å². The fourth-order valence-corrected chi connectivity index (χ4v) is 2.98. The Labute approximate surface area is 167 Å². The molecule has 0 aliphatic rings. The van der Waals surface area contributed by atoms with Gasteiger partial charge in [-0.15, -0.1) is 0 Å². The average molecular weight is 387 g/mol. The SMILES string of the molecule is CCOC(=O)c1cccc([N+](=O)[O-])c1Nc1ccccc1-c1ccccc1C#N. The van der Waals surface area contributed by atoms with Gasteiger partial charge in [-0.05, 0) is 25.1 Å². The second-order valence-corrected chi connectivity index (χ2v) is 6.01. The van der Waals surface area contributed by atoms with Crippen LogP contribution in [0.5, 0.6) is 0 Å². The Bertz CT molecular complexity index is 1120. The van der Waals surface area contributed by atoms with Crippen LogP contribution in [0.4, 0.5) is 17.1 Å². The normalized spacial score (nSPS) is 10.1. The molecule has 29 heavy (non-hydrogen) atoms. The van der Waals surface area contributed by atoms with Crippen molar-refractivity contribution in [3.05, 3.63) is 88.0 Å². The Hall–Kier alpha value is -4.18. The monoisotopic (exact) mass is 387 g/mol. The van der Waals surface area contributed by atoms with Crippen LogP contribution in [0, 0.1) is 21.4 Å². The molecule has 3 aromatic rings. The van der Waals surface area contributed by atoms with E-state index >= 15 is 0 Å². The third kappa shape index (κ3) is 4.06. The first-order valence-corrected chi connectivity index (χ1v) is 8.87. The number of nitrogens with one attached hydrogen (secondary N) is 1. The number of nitro groups is 1. The van der Waals surface area contributed by atoms with Crippen LogP contribution in [0.1, 0.15) is 22.8 Å². The number of rotatable bonds is 6. The Kier molecular flexibility index (Phi) is 5.85. The Morgan fingerprint density at radius 3 is 2.45 bits per heavy atom. The van der Waals surface area contributed by atoms with Crippen LogP contribution in [0.2, 0.25) is 0 Å². The molecule has 3 aromatic carbocycles. The summed E-state index contributed by atoms with van der Waals surface area (Å²) >= 11 is 0. The van der Waals surface area contributed by atoms with Gasteiger partial charge in [0, 0.05) is 22.9 Å². The number of para-hydroxylation sites is 2. The maximum absolute atomic E-state index is 12.4. The van der Waals surface area contributed by atoms with Crippen LogP contribution in [-0.4, -0.2) is 17.5 Å². The summed E-state index contributed by atoms with van der Waals surface area (Å²) in [7, 11) is 0. The first kappa shape index (κ1) is 19.6. The Morgan fingerprint density at radius 2 is 1.76 bits per heavy atom. The number of hydrogen-bond donors (Lipinski definition) is 1. The summed E-state index contributed by atoms with van der Waals surface area (Å²) in [6.07, 6.45) is 0. The van der Waals surface area contributed by atoms with E-state index in [-0.39, 0.29) is 23.5 Å². The second kappa shape index (κ2) is 8.67. The minimum absolute atomic E-state index is 0.0397. The van der Waals surface area contributed by atoms with Gasteiger partial charge < -0.3 is 10.1 Å². The largest absolute Gasteiger partial charge is 0.462 e. The van der Waals surface area contributed by atoms with E-state index in [1.165, 1.54) is 18.2 Å². The number of benzene rings is 3. The standard InChI is InChI=1S/C22H17N3O4/c1-2-29-22(26)18-11-7-13-20(25(27)28)21(18)24-19-12-6-5-10-17(19)16-9-4-3-8-15(16)14-23/h3-13,24H,2H2,1H3. The smallest absolute Gasteiger partial charge is 0.340 e. The molecule has 0 unspecified atom stereocenters. The molecule has 3 rings (SSSR count). The molecule has 1 N–H and O–H groups in total. The molecule has 0 spiro atoms. The van der Waals surface area contributed by atoms with Gasteiger partial charge in [0.15, 0.2) is 0 Å². The highest BCUT2D eigenvalue weighted by molar-refractivity contribution is 6.00. The van der Waals surface area contributed by atoms with Gasteiger partial charge in [-0.1, -0.05) is 42.5 Å². The molecule has 144 valence electrons. The van der Waals surface area contributed by atoms with E-state index in [1.54, 1.807) is 49.4 Å². The summed E-state index contributed by atoms with van der Waals surface area (Å²) < 4.78 is 5.05. The molecule has 0 heterocycles. The van der Waals surface area contributed by atoms with Gasteiger partial charge in [-0.2, -0.15) is 5.26 Å². The highest BCUT2D eigenvalue weighted by Gasteiger charge is 2.23. The van der Waals surface area contributed by atoms with Crippen LogP contribution < -0.4 is 5.32 Å². The number of ether oxygens (including phenoxy) is 1. The van der Waals surface area contributed by atoms with Crippen LogP contribution in [0.3, 0.4) is 0 Å². The van der Waals surface area contributed by atoms with E-state index in [1.807, 2.05) is 6.07 Å². The average Bonchev–Trinajstić information content (AvgIpc) is 2.74. The van der Waals surface area contributed by atoms with Gasteiger partial charge in [0.05, 0.1) is 28.7 Å². The van der Waals surface area contributed by atoms with Crippen molar-refractivity contribution in [1.82, 2.24) is 0 Å². The topological polar surface area (TPSA) is 105 Å². The third-order valence-electron chi connectivity index (χ3n) is 4.26. The zero-order chi connectivity index (χ0) is 20.8. The molecule has 0 saturated carbocycles. The minimum Gasteiger partial charge on any atom is -0.462 e. The molecular formula is C22H17N3O4. The number of nitro benzene ring substituents is 1. The zero-order valence-electron chi connectivity index (χ0n) is 15.6. The number of carbonyl (C=O) groups excluding carboxylic acids is 1. The number of anilines is 2. The molecule has 0 aliphatic heterocycles. The zero-order valence-corrected chi connectivity index (χ0v) is 15.6. The number of nitriles is 1. The summed E-state index contributed by atoms with van der Waals surface area (Å²) in [6, 6.07) is 20.5. The van der Waals surface area contributed by atoms with Crippen molar-refractivity contribution in [1.29, 1.82) is 5.26 Å². The van der Waals surface area contributed by atoms with E-state index in [2.05, 4.69) is 11.4 Å². The third-order valence-corrected chi connectivity index (χ3v) is 4.26. The predicted octanol–water partition coefficient (Wildman–Crippen LogP) is 5.05. The lowest BCUT2D eigenvalue weighted by molar-refractivity contribution is -0.383. The number of esters is 1. The van der Waals surface area contributed by atoms with Gasteiger partial charge in [-0.3, -0.25) is 10.1 Å². The Balaban J connectivity index is 2.16. The minimum atomic E-state index is -0.659. The fourth-order valence-electron chi connectivity index (χ4n) is 2.98. The molecule has 7 nitrogen and oxygen atoms in total. The number of nitrogens with zero attached hydrogens (tertiary/aromatic N) is 2. The highest BCUT2D eigenvalue weighted by atomic mass is 16.6. The van der Waals surface area contributed by atoms with Gasteiger partial charge in [0.2, 0.25) is 0 Å². The lowest BCUT2D eigenvalue weighted by atomic mass is 9.98. The molecular weight excluding hydrogens is 370 g/mol. The first-order valence-electron chi connectivity index (χ1n) is 8.87. The molecule has 0 atom stereocenters. The molecule has 0 amide bonds. The molecule has 0 saturated heterocycles. The molecule has 0 radical (unpaired) electrons. The molecule has 0 fully saturated rings. The van der Waals surface area contributed by atoms with Crippen LogP contribution in [0.25, 0.3) is 11.1 Å². The van der Waals surface area contributed by atoms with Crippen LogP contribution in [-0.2, 0) is 4.74 Å². The van der Waals surface area contributed by atoms with E-state index < -0.39 is 10.9 Å². The lowest BCUT2D eigenvalue weighted by Gasteiger charge is -2.15. The number of carbonyl (C=O) groups is 1. The number of hydrogen-bond acceptors (Lipinski definition) is 6. The highest BCUT2D eigenvalue weighted by Crippen LogP contribution is 2.37. The van der Waals surface area contributed by atoms with Crippen LogP contribution >= 0.6 is 0 Å². The molecule has 0 aromatic heterocycles. The van der Waals surface area contributed by atoms with Crippen molar-refractivity contribution in [2.75, 3.05) is 11.9 Å². The quantitative estimate of drug-likeness (QED) is 0.360. The van der Waals surface area contributed by atoms with Crippen molar-refractivity contribution < 1.29 is 14.5 Å². The first-order chi connectivity index (χ1) is 14.1. The maximum Gasteiger partial charge on any atom is 0.340 e. The second-order valence-electron chi connectivity index (χ2n) is 6.01. The van der Waals surface area contributed by atoms with Gasteiger partial charge in [0.1, 0.15) is 5.69 Å². The van der Waals surface area contributed by atoms with Gasteiger partial charge in [-0.25, -0.2) is 4.79 Å². The molecule has 0 aliphatic carbocycles. The summed E-state index contributed by atoms with van der Waals surface area (Å²) in [5.74, 6) is -0.659. The van der Waals surface area contributed by atoms with Crippen molar-refractivity contribution in [2.45, 2.75) is 6.92 Å². The Morgan fingerprint density at radius 1 is 1.07 bits per heavy atom. The van der Waals surface area contributed by atoms with E-state index in [0.717, 1.165) is 0 Å².